The van der Waals surface area contributed by atoms with Gasteiger partial charge in [0.25, 0.3) is 0 Å². The third kappa shape index (κ3) is 4.05. The zero-order chi connectivity index (χ0) is 18.9. The minimum Gasteiger partial charge on any atom is -0.545 e. The van der Waals surface area contributed by atoms with Crippen molar-refractivity contribution in [2.75, 3.05) is 18.5 Å². The van der Waals surface area contributed by atoms with Crippen LogP contribution in [0.3, 0.4) is 0 Å². The largest absolute Gasteiger partial charge is 0.545 e. The Morgan fingerprint density at radius 1 is 1.31 bits per heavy atom. The topological polar surface area (TPSA) is 117 Å². The molecule has 142 valence electrons. The van der Waals surface area contributed by atoms with Crippen molar-refractivity contribution >= 4 is 34.1 Å². The summed E-state index contributed by atoms with van der Waals surface area (Å²) in [5.74, 6) is -3.12. The fraction of sp³-hybridized carbons (Fsp3) is 0.588. The SMILES string of the molecule is CC1(C)Cc2c(sc(NC(=O)C(=O)NC[C@@H]3CCCO3)c2C(=O)[O-])CO1. The number of carbonyl (C=O) groups is 3. The molecule has 0 bridgehead atoms. The van der Waals surface area contributed by atoms with Crippen LogP contribution in [0, 0.1) is 0 Å². The highest BCUT2D eigenvalue weighted by Gasteiger charge is 2.32. The van der Waals surface area contributed by atoms with E-state index in [2.05, 4.69) is 10.6 Å². The first-order chi connectivity index (χ1) is 12.3. The second kappa shape index (κ2) is 7.34. The third-order valence-corrected chi connectivity index (χ3v) is 5.56. The monoisotopic (exact) mass is 381 g/mol. The Morgan fingerprint density at radius 3 is 2.73 bits per heavy atom. The average molecular weight is 381 g/mol. The molecule has 1 aromatic heterocycles. The van der Waals surface area contributed by atoms with Gasteiger partial charge in [-0.1, -0.05) is 0 Å². The summed E-state index contributed by atoms with van der Waals surface area (Å²) in [5.41, 5.74) is 0.0287. The standard InChI is InChI=1S/C17H22N2O6S/c1-17(2)6-10-11(8-25-17)26-15(12(10)16(22)23)19-14(21)13(20)18-7-9-4-3-5-24-9/h9H,3-8H2,1-2H3,(H,18,20)(H,19,21)(H,22,23)/p-1/t9-/m0/s1. The molecule has 8 nitrogen and oxygen atoms in total. The van der Waals surface area contributed by atoms with Crippen molar-refractivity contribution in [1.82, 2.24) is 5.32 Å². The molecule has 1 fully saturated rings. The van der Waals surface area contributed by atoms with Crippen molar-refractivity contribution in [2.45, 2.75) is 51.4 Å². The van der Waals surface area contributed by atoms with Gasteiger partial charge < -0.3 is 30.0 Å². The molecule has 26 heavy (non-hydrogen) atoms. The van der Waals surface area contributed by atoms with Crippen molar-refractivity contribution in [3.63, 3.8) is 0 Å². The van der Waals surface area contributed by atoms with Gasteiger partial charge in [-0.3, -0.25) is 9.59 Å². The van der Waals surface area contributed by atoms with Gasteiger partial charge in [-0.05, 0) is 32.3 Å². The van der Waals surface area contributed by atoms with Gasteiger partial charge in [-0.25, -0.2) is 0 Å². The molecule has 0 saturated carbocycles. The van der Waals surface area contributed by atoms with Gasteiger partial charge in [-0.15, -0.1) is 11.3 Å². The molecule has 0 unspecified atom stereocenters. The van der Waals surface area contributed by atoms with Crippen LogP contribution in [0.5, 0.6) is 0 Å². The molecule has 2 aliphatic rings. The lowest BCUT2D eigenvalue weighted by molar-refractivity contribution is -0.255. The molecule has 1 atom stereocenters. The maximum Gasteiger partial charge on any atom is 0.314 e. The zero-order valence-corrected chi connectivity index (χ0v) is 15.5. The van der Waals surface area contributed by atoms with Gasteiger partial charge in [-0.2, -0.15) is 0 Å². The predicted molar refractivity (Wildman–Crippen MR) is 91.8 cm³/mol. The van der Waals surface area contributed by atoms with Crippen LogP contribution >= 0.6 is 11.3 Å². The van der Waals surface area contributed by atoms with Crippen LogP contribution in [0.25, 0.3) is 0 Å². The number of fused-ring (bicyclic) bond motifs is 1. The van der Waals surface area contributed by atoms with E-state index < -0.39 is 23.4 Å². The number of carbonyl (C=O) groups excluding carboxylic acids is 3. The molecule has 0 spiro atoms. The first kappa shape index (κ1) is 18.8. The predicted octanol–water partition coefficient (Wildman–Crippen LogP) is 0.197. The van der Waals surface area contributed by atoms with E-state index in [1.165, 1.54) is 0 Å². The number of ether oxygens (including phenoxy) is 2. The molecule has 9 heteroatoms. The summed E-state index contributed by atoms with van der Waals surface area (Å²) in [7, 11) is 0. The van der Waals surface area contributed by atoms with Crippen molar-refractivity contribution < 1.29 is 29.0 Å². The molecule has 1 saturated heterocycles. The number of anilines is 1. The molecule has 0 aliphatic carbocycles. The van der Waals surface area contributed by atoms with Crippen molar-refractivity contribution in [3.05, 3.63) is 16.0 Å². The number of carboxylic acid groups (broad SMARTS) is 1. The van der Waals surface area contributed by atoms with Gasteiger partial charge in [0.2, 0.25) is 0 Å². The number of aromatic carboxylic acids is 1. The highest BCUT2D eigenvalue weighted by atomic mass is 32.1. The summed E-state index contributed by atoms with van der Waals surface area (Å²) < 4.78 is 11.1. The number of carboxylic acids is 1. The van der Waals surface area contributed by atoms with E-state index in [0.717, 1.165) is 29.1 Å². The van der Waals surface area contributed by atoms with E-state index in [1.54, 1.807) is 0 Å². The van der Waals surface area contributed by atoms with Crippen LogP contribution in [-0.2, 0) is 32.1 Å². The fourth-order valence-electron chi connectivity index (χ4n) is 3.11. The Bertz CT molecular complexity index is 736. The average Bonchev–Trinajstić information content (AvgIpc) is 3.18. The maximum atomic E-state index is 12.1. The molecule has 0 radical (unpaired) electrons. The second-order valence-corrected chi connectivity index (χ2v) is 8.12. The smallest absolute Gasteiger partial charge is 0.314 e. The lowest BCUT2D eigenvalue weighted by atomic mass is 9.93. The van der Waals surface area contributed by atoms with Crippen LogP contribution in [0.15, 0.2) is 0 Å². The first-order valence-corrected chi connectivity index (χ1v) is 9.29. The molecule has 2 N–H and O–H groups in total. The number of hydrogen-bond acceptors (Lipinski definition) is 7. The van der Waals surface area contributed by atoms with Gasteiger partial charge >= 0.3 is 11.8 Å². The normalized spacial score (nSPS) is 21.1. The molecule has 2 amide bonds. The molecular formula is C17H21N2O6S-. The molecule has 3 rings (SSSR count). The maximum absolute atomic E-state index is 12.1. The first-order valence-electron chi connectivity index (χ1n) is 8.47. The summed E-state index contributed by atoms with van der Waals surface area (Å²) in [6, 6.07) is 0. The lowest BCUT2D eigenvalue weighted by Crippen LogP contribution is -2.39. The van der Waals surface area contributed by atoms with Crippen LogP contribution in [-0.4, -0.2) is 42.6 Å². The van der Waals surface area contributed by atoms with E-state index in [1.807, 2.05) is 13.8 Å². The van der Waals surface area contributed by atoms with Crippen molar-refractivity contribution in [3.8, 4) is 0 Å². The molecule has 0 aromatic carbocycles. The summed E-state index contributed by atoms with van der Waals surface area (Å²) in [4.78, 5) is 36.4. The Labute approximate surface area is 154 Å². The second-order valence-electron chi connectivity index (χ2n) is 7.02. The van der Waals surface area contributed by atoms with Gasteiger partial charge in [0.15, 0.2) is 0 Å². The van der Waals surface area contributed by atoms with Crippen LogP contribution in [0.1, 0.15) is 47.5 Å². The molecule has 1 aromatic rings. The zero-order valence-electron chi connectivity index (χ0n) is 14.7. The number of amides is 2. The number of hydrogen-bond donors (Lipinski definition) is 2. The Hall–Kier alpha value is -1.97. The van der Waals surface area contributed by atoms with Crippen molar-refractivity contribution in [1.29, 1.82) is 0 Å². The highest BCUT2D eigenvalue weighted by molar-refractivity contribution is 7.17. The van der Waals surface area contributed by atoms with E-state index in [4.69, 9.17) is 9.47 Å². The third-order valence-electron chi connectivity index (χ3n) is 4.44. The summed E-state index contributed by atoms with van der Waals surface area (Å²) in [6.45, 7) is 4.89. The minimum atomic E-state index is -1.38. The molecule has 3 heterocycles. The number of thiophene rings is 1. The number of rotatable bonds is 4. The summed E-state index contributed by atoms with van der Waals surface area (Å²) >= 11 is 1.10. The Morgan fingerprint density at radius 2 is 2.08 bits per heavy atom. The van der Waals surface area contributed by atoms with Crippen molar-refractivity contribution in [2.24, 2.45) is 0 Å². The molecular weight excluding hydrogens is 360 g/mol. The Balaban J connectivity index is 1.70. The van der Waals surface area contributed by atoms with Crippen LogP contribution < -0.4 is 15.7 Å². The van der Waals surface area contributed by atoms with E-state index >= 15 is 0 Å². The number of nitrogens with one attached hydrogen (secondary N) is 2. The van der Waals surface area contributed by atoms with Gasteiger partial charge in [0.1, 0.15) is 5.00 Å². The van der Waals surface area contributed by atoms with Crippen LogP contribution in [0.2, 0.25) is 0 Å². The van der Waals surface area contributed by atoms with E-state index in [9.17, 15) is 19.5 Å². The van der Waals surface area contributed by atoms with Crippen LogP contribution in [0.4, 0.5) is 5.00 Å². The molecule has 2 aliphatic heterocycles. The fourth-order valence-corrected chi connectivity index (χ4v) is 4.22. The summed E-state index contributed by atoms with van der Waals surface area (Å²) in [6.07, 6.45) is 2.08. The van der Waals surface area contributed by atoms with E-state index in [0.29, 0.717) is 18.6 Å². The Kier molecular flexibility index (Phi) is 5.31. The van der Waals surface area contributed by atoms with Gasteiger partial charge in [0.05, 0.1) is 24.3 Å². The lowest BCUT2D eigenvalue weighted by Gasteiger charge is -2.30. The minimum absolute atomic E-state index is 0.0679. The summed E-state index contributed by atoms with van der Waals surface area (Å²) in [5, 5.41) is 16.6. The highest BCUT2D eigenvalue weighted by Crippen LogP contribution is 2.40. The quantitative estimate of drug-likeness (QED) is 0.720. The van der Waals surface area contributed by atoms with Gasteiger partial charge in [0, 0.05) is 30.0 Å². The van der Waals surface area contributed by atoms with E-state index in [-0.39, 0.29) is 29.8 Å².